The molecule has 1 aromatic rings. The molecule has 0 aromatic heterocycles. The zero-order chi connectivity index (χ0) is 12.0. The van der Waals surface area contributed by atoms with Crippen molar-refractivity contribution in [3.63, 3.8) is 0 Å². The van der Waals surface area contributed by atoms with E-state index in [4.69, 9.17) is 4.74 Å². The molecule has 6 heteroatoms. The summed E-state index contributed by atoms with van der Waals surface area (Å²) < 4.78 is 21.4. The van der Waals surface area contributed by atoms with E-state index in [0.717, 1.165) is 11.6 Å². The third-order valence-electron chi connectivity index (χ3n) is 1.78. The number of benzene rings is 1. The molecule has 0 radical (unpaired) electrons. The summed E-state index contributed by atoms with van der Waals surface area (Å²) in [7, 11) is 0. The molecule has 0 fully saturated rings. The highest BCUT2D eigenvalue weighted by molar-refractivity contribution is 7.80. The van der Waals surface area contributed by atoms with E-state index < -0.39 is 11.1 Å². The third-order valence-corrected chi connectivity index (χ3v) is 2.85. The molecule has 1 atom stereocenters. The molecule has 1 unspecified atom stereocenters. The van der Waals surface area contributed by atoms with Crippen LogP contribution in [0.25, 0.3) is 0 Å². The van der Waals surface area contributed by atoms with Crippen molar-refractivity contribution >= 4 is 17.2 Å². The third kappa shape index (κ3) is 2.92. The number of hydrogen-bond acceptors (Lipinski definition) is 5. The van der Waals surface area contributed by atoms with Gasteiger partial charge in [0.1, 0.15) is 10.6 Å². The predicted octanol–water partition coefficient (Wildman–Crippen LogP) is 1.68. The van der Waals surface area contributed by atoms with E-state index >= 15 is 0 Å². The fraction of sp³-hybridized carbons (Fsp3) is 0.300. The number of hydrogen-bond donors (Lipinski definition) is 0. The molecule has 0 saturated carbocycles. The molecular formula is C10H11NO4S. The van der Waals surface area contributed by atoms with Crippen molar-refractivity contribution < 1.29 is 18.0 Å². The second-order valence-electron chi connectivity index (χ2n) is 2.83. The maximum Gasteiger partial charge on any atom is 0.278 e. The minimum atomic E-state index is -1.86. The van der Waals surface area contributed by atoms with Crippen LogP contribution in [0, 0.1) is 6.92 Å². The van der Waals surface area contributed by atoms with Gasteiger partial charge in [0.15, 0.2) is 0 Å². The van der Waals surface area contributed by atoms with Crippen molar-refractivity contribution in [2.24, 2.45) is 5.16 Å². The summed E-state index contributed by atoms with van der Waals surface area (Å²) in [5, 5.41) is 2.83. The quantitative estimate of drug-likeness (QED) is 0.447. The zero-order valence-corrected chi connectivity index (χ0v) is 9.74. The topological polar surface area (TPSA) is 65.0 Å². The number of rotatable bonds is 5. The fourth-order valence-corrected chi connectivity index (χ4v) is 1.99. The molecule has 1 rings (SSSR count). The summed E-state index contributed by atoms with van der Waals surface area (Å²) in [4.78, 5) is 10.2. The Morgan fingerprint density at radius 3 is 2.88 bits per heavy atom. The van der Waals surface area contributed by atoms with Gasteiger partial charge >= 0.3 is 0 Å². The summed E-state index contributed by atoms with van der Waals surface area (Å²) >= 11 is -1.86. The maximum atomic E-state index is 11.7. The van der Waals surface area contributed by atoms with Gasteiger partial charge in [0, 0.05) is 5.16 Å². The van der Waals surface area contributed by atoms with E-state index in [1.165, 1.54) is 0 Å². The van der Waals surface area contributed by atoms with Gasteiger partial charge in [-0.05, 0) is 25.5 Å². The Morgan fingerprint density at radius 2 is 2.25 bits per heavy atom. The number of nitrogens with zero attached hydrogens (tertiary/aromatic N) is 1. The first-order chi connectivity index (χ1) is 7.70. The minimum absolute atomic E-state index is 0.378. The van der Waals surface area contributed by atoms with Gasteiger partial charge in [-0.1, -0.05) is 12.1 Å². The van der Waals surface area contributed by atoms with Gasteiger partial charge in [-0.2, -0.15) is 0 Å². The van der Waals surface area contributed by atoms with Crippen molar-refractivity contribution in [2.45, 2.75) is 18.7 Å². The van der Waals surface area contributed by atoms with Crippen molar-refractivity contribution in [2.75, 3.05) is 6.61 Å². The van der Waals surface area contributed by atoms with Crippen LogP contribution in [-0.4, -0.2) is 16.9 Å². The lowest BCUT2D eigenvalue weighted by Gasteiger charge is -2.09. The summed E-state index contributed by atoms with van der Waals surface area (Å²) in [5.41, 5.74) is 0.741. The van der Waals surface area contributed by atoms with Gasteiger partial charge in [0.05, 0.1) is 6.61 Å². The maximum absolute atomic E-state index is 11.7. The van der Waals surface area contributed by atoms with Crippen LogP contribution in [0.4, 0.5) is 0 Å². The molecule has 0 bridgehead atoms. The van der Waals surface area contributed by atoms with Crippen LogP contribution in [0.2, 0.25) is 0 Å². The number of isocyanates is 1. The van der Waals surface area contributed by atoms with E-state index in [1.54, 1.807) is 25.1 Å². The van der Waals surface area contributed by atoms with Crippen LogP contribution in [-0.2, 0) is 20.2 Å². The Morgan fingerprint density at radius 1 is 1.50 bits per heavy atom. The molecule has 0 heterocycles. The Bertz CT molecular complexity index is 440. The van der Waals surface area contributed by atoms with E-state index in [1.807, 2.05) is 6.92 Å². The van der Waals surface area contributed by atoms with Crippen LogP contribution in [0.15, 0.2) is 28.3 Å². The van der Waals surface area contributed by atoms with Crippen LogP contribution < -0.4 is 4.74 Å². The zero-order valence-electron chi connectivity index (χ0n) is 8.93. The molecule has 0 saturated heterocycles. The van der Waals surface area contributed by atoms with Crippen molar-refractivity contribution in [3.05, 3.63) is 23.8 Å². The molecule has 0 aliphatic rings. The normalized spacial score (nSPS) is 11.4. The number of aryl methyl sites for hydroxylation is 1. The van der Waals surface area contributed by atoms with Gasteiger partial charge in [0.2, 0.25) is 0 Å². The van der Waals surface area contributed by atoms with Crippen LogP contribution in [0.1, 0.15) is 12.5 Å². The van der Waals surface area contributed by atoms with Gasteiger partial charge in [-0.3, -0.25) is 4.28 Å². The molecule has 5 nitrogen and oxygen atoms in total. The van der Waals surface area contributed by atoms with Gasteiger partial charge < -0.3 is 4.74 Å². The molecule has 0 spiro atoms. The highest BCUT2D eigenvalue weighted by Gasteiger charge is 2.15. The van der Waals surface area contributed by atoms with Crippen LogP contribution >= 0.6 is 0 Å². The lowest BCUT2D eigenvalue weighted by Crippen LogP contribution is -2.02. The summed E-state index contributed by atoms with van der Waals surface area (Å²) in [6.07, 6.45) is 1.16. The molecule has 0 aliphatic heterocycles. The molecule has 86 valence electrons. The number of ether oxygens (including phenoxy) is 1. The average Bonchev–Trinajstić information content (AvgIpc) is 2.26. The molecule has 0 amide bonds. The Hall–Kier alpha value is -1.65. The Balaban J connectivity index is 3.08. The summed E-state index contributed by atoms with van der Waals surface area (Å²) in [5.74, 6) is 0.460. The van der Waals surface area contributed by atoms with Crippen molar-refractivity contribution in [3.8, 4) is 5.75 Å². The van der Waals surface area contributed by atoms with E-state index in [0.29, 0.717) is 17.3 Å². The Labute approximate surface area is 95.7 Å². The molecule has 16 heavy (non-hydrogen) atoms. The first kappa shape index (κ1) is 12.4. The highest BCUT2D eigenvalue weighted by atomic mass is 32.2. The molecule has 0 aliphatic carbocycles. The lowest BCUT2D eigenvalue weighted by molar-refractivity contribution is 0.325. The van der Waals surface area contributed by atoms with Crippen LogP contribution in [0.5, 0.6) is 5.75 Å². The first-order valence-electron chi connectivity index (χ1n) is 4.59. The molecule has 1 aromatic carbocycles. The van der Waals surface area contributed by atoms with E-state index in [-0.39, 0.29) is 0 Å². The smallest absolute Gasteiger partial charge is 0.278 e. The molecule has 0 N–H and O–H groups in total. The molecular weight excluding hydrogens is 230 g/mol. The van der Waals surface area contributed by atoms with Gasteiger partial charge in [-0.15, -0.1) is 0 Å². The first-order valence-corrected chi connectivity index (χ1v) is 5.67. The Kier molecular flexibility index (Phi) is 4.69. The van der Waals surface area contributed by atoms with E-state index in [2.05, 4.69) is 9.44 Å². The number of carbonyl (C=O) groups excluding carboxylic acids is 1. The lowest BCUT2D eigenvalue weighted by atomic mass is 10.2. The van der Waals surface area contributed by atoms with Crippen molar-refractivity contribution in [1.82, 2.24) is 0 Å². The second kappa shape index (κ2) is 6.05. The van der Waals surface area contributed by atoms with Gasteiger partial charge in [0.25, 0.3) is 17.2 Å². The minimum Gasteiger partial charge on any atom is -0.492 e. The summed E-state index contributed by atoms with van der Waals surface area (Å²) in [6, 6.07) is 5.23. The monoisotopic (exact) mass is 241 g/mol. The fourth-order valence-electron chi connectivity index (χ4n) is 1.19. The van der Waals surface area contributed by atoms with Gasteiger partial charge in [-0.25, -0.2) is 9.00 Å². The SMILES string of the molecule is CCOc1cccc(C)c1S(=O)ON=C=O. The summed E-state index contributed by atoms with van der Waals surface area (Å²) in [6.45, 7) is 4.04. The van der Waals surface area contributed by atoms with E-state index in [9.17, 15) is 9.00 Å². The average molecular weight is 241 g/mol. The van der Waals surface area contributed by atoms with Crippen molar-refractivity contribution in [1.29, 1.82) is 0 Å². The predicted molar refractivity (Wildman–Crippen MR) is 58.0 cm³/mol. The standard InChI is InChI=1S/C10H11NO4S/c1-3-14-9-6-4-5-8(2)10(9)16(13)15-11-7-12/h4-6H,3H2,1-2H3. The largest absolute Gasteiger partial charge is 0.492 e. The van der Waals surface area contributed by atoms with Crippen LogP contribution in [0.3, 0.4) is 0 Å². The highest BCUT2D eigenvalue weighted by Crippen LogP contribution is 2.26. The second-order valence-corrected chi connectivity index (χ2v) is 3.85.